The molecule has 3 aromatic rings. The predicted octanol–water partition coefficient (Wildman–Crippen LogP) is 4.37. The molecule has 3 nitrogen and oxygen atoms in total. The molecule has 112 valence electrons. The highest BCUT2D eigenvalue weighted by atomic mass is 127. The lowest BCUT2D eigenvalue weighted by Crippen LogP contribution is -2.30. The Labute approximate surface area is 149 Å². The standard InChI is InChI=1S/C17H16IN3S/c18-21-12-13(15-8-4-5-9-16(15)21)10-11-19-17(22)20-14-6-2-1-3-7-14/h1-9,12H,10-11H2,(H2,19,20,22). The third kappa shape index (κ3) is 3.59. The van der Waals surface area contributed by atoms with E-state index in [1.165, 1.54) is 16.5 Å². The molecule has 2 N–H and O–H groups in total. The van der Waals surface area contributed by atoms with Crippen LogP contribution in [0.4, 0.5) is 5.69 Å². The monoisotopic (exact) mass is 421 g/mol. The molecule has 5 heteroatoms. The third-order valence-electron chi connectivity index (χ3n) is 3.46. The molecule has 0 radical (unpaired) electrons. The second kappa shape index (κ2) is 7.11. The molecule has 2 aromatic carbocycles. The van der Waals surface area contributed by atoms with Gasteiger partial charge >= 0.3 is 0 Å². The van der Waals surface area contributed by atoms with Crippen molar-refractivity contribution in [1.82, 2.24) is 8.10 Å². The fourth-order valence-electron chi connectivity index (χ4n) is 2.41. The van der Waals surface area contributed by atoms with Crippen LogP contribution in [0.5, 0.6) is 0 Å². The molecule has 0 amide bonds. The minimum atomic E-state index is 0.657. The zero-order chi connectivity index (χ0) is 15.4. The molecule has 0 saturated heterocycles. The first-order chi connectivity index (χ1) is 10.7. The Morgan fingerprint density at radius 2 is 1.77 bits per heavy atom. The summed E-state index contributed by atoms with van der Waals surface area (Å²) in [6.45, 7) is 0.809. The van der Waals surface area contributed by atoms with Crippen LogP contribution in [0.1, 0.15) is 5.56 Å². The molecule has 0 fully saturated rings. The highest BCUT2D eigenvalue weighted by Crippen LogP contribution is 2.23. The summed E-state index contributed by atoms with van der Waals surface area (Å²) in [6.07, 6.45) is 3.12. The average Bonchev–Trinajstić information content (AvgIpc) is 2.85. The molecular formula is C17H16IN3S. The molecule has 0 unspecified atom stereocenters. The first-order valence-corrected chi connectivity index (χ1v) is 8.46. The van der Waals surface area contributed by atoms with Gasteiger partial charge in [-0.05, 0) is 42.4 Å². The van der Waals surface area contributed by atoms with Gasteiger partial charge in [0, 0.05) is 23.8 Å². The molecule has 22 heavy (non-hydrogen) atoms. The van der Waals surface area contributed by atoms with Crippen LogP contribution in [0.15, 0.2) is 60.8 Å². The Bertz CT molecular complexity index is 783. The molecule has 0 aliphatic rings. The number of fused-ring (bicyclic) bond motifs is 1. The van der Waals surface area contributed by atoms with Crippen LogP contribution in [-0.2, 0) is 6.42 Å². The number of nitrogens with zero attached hydrogens (tertiary/aromatic N) is 1. The SMILES string of the molecule is S=C(NCCc1cn(I)c2ccccc12)Nc1ccccc1. The fourth-order valence-corrected chi connectivity index (χ4v) is 3.39. The van der Waals surface area contributed by atoms with E-state index in [1.54, 1.807) is 0 Å². The normalized spacial score (nSPS) is 10.6. The Hall–Kier alpha value is -1.60. The van der Waals surface area contributed by atoms with Crippen molar-refractivity contribution in [2.75, 3.05) is 11.9 Å². The lowest BCUT2D eigenvalue weighted by molar-refractivity contribution is 0.878. The summed E-state index contributed by atoms with van der Waals surface area (Å²) >= 11 is 7.64. The maximum atomic E-state index is 5.32. The van der Waals surface area contributed by atoms with E-state index >= 15 is 0 Å². The smallest absolute Gasteiger partial charge is 0.170 e. The Balaban J connectivity index is 1.57. The number of anilines is 1. The van der Waals surface area contributed by atoms with Crippen LogP contribution in [0.3, 0.4) is 0 Å². The van der Waals surface area contributed by atoms with E-state index in [0.29, 0.717) is 5.11 Å². The van der Waals surface area contributed by atoms with E-state index in [1.807, 2.05) is 30.3 Å². The summed E-state index contributed by atoms with van der Waals surface area (Å²) in [5.74, 6) is 0. The minimum Gasteiger partial charge on any atom is -0.362 e. The molecule has 0 saturated carbocycles. The number of rotatable bonds is 4. The van der Waals surface area contributed by atoms with Gasteiger partial charge in [-0.2, -0.15) is 0 Å². The van der Waals surface area contributed by atoms with Crippen LogP contribution in [0.2, 0.25) is 0 Å². The van der Waals surface area contributed by atoms with Gasteiger partial charge in [-0.1, -0.05) is 36.4 Å². The number of nitrogens with one attached hydrogen (secondary N) is 2. The van der Waals surface area contributed by atoms with Gasteiger partial charge in [-0.3, -0.25) is 2.78 Å². The van der Waals surface area contributed by atoms with Crippen molar-refractivity contribution >= 4 is 56.8 Å². The summed E-state index contributed by atoms with van der Waals surface area (Å²) in [4.78, 5) is 0. The van der Waals surface area contributed by atoms with E-state index in [9.17, 15) is 0 Å². The lowest BCUT2D eigenvalue weighted by atomic mass is 10.1. The second-order valence-corrected chi connectivity index (χ2v) is 6.43. The molecule has 0 bridgehead atoms. The van der Waals surface area contributed by atoms with Crippen LogP contribution in [-0.4, -0.2) is 14.4 Å². The first-order valence-electron chi connectivity index (χ1n) is 7.09. The second-order valence-electron chi connectivity index (χ2n) is 4.98. The number of aromatic nitrogens is 1. The molecule has 0 aliphatic heterocycles. The van der Waals surface area contributed by atoms with Crippen molar-refractivity contribution < 1.29 is 0 Å². The van der Waals surface area contributed by atoms with E-state index < -0.39 is 0 Å². The highest BCUT2D eigenvalue weighted by molar-refractivity contribution is 14.1. The van der Waals surface area contributed by atoms with Gasteiger partial charge in [0.25, 0.3) is 0 Å². The Kier molecular flexibility index (Phi) is 4.94. The van der Waals surface area contributed by atoms with Gasteiger partial charge < -0.3 is 10.6 Å². The fraction of sp³-hybridized carbons (Fsp3) is 0.118. The average molecular weight is 421 g/mol. The van der Waals surface area contributed by atoms with Gasteiger partial charge in [-0.25, -0.2) is 0 Å². The topological polar surface area (TPSA) is 29.0 Å². The Morgan fingerprint density at radius 3 is 2.59 bits per heavy atom. The maximum absolute atomic E-state index is 5.32. The number of para-hydroxylation sites is 2. The van der Waals surface area contributed by atoms with Crippen LogP contribution in [0.25, 0.3) is 10.9 Å². The van der Waals surface area contributed by atoms with Crippen LogP contribution >= 0.6 is 35.1 Å². The summed E-state index contributed by atoms with van der Waals surface area (Å²) in [5.41, 5.74) is 3.59. The molecule has 1 aromatic heterocycles. The minimum absolute atomic E-state index is 0.657. The molecular weight excluding hydrogens is 405 g/mol. The van der Waals surface area contributed by atoms with Crippen molar-refractivity contribution in [2.24, 2.45) is 0 Å². The largest absolute Gasteiger partial charge is 0.362 e. The van der Waals surface area contributed by atoms with Gasteiger partial charge in [0.15, 0.2) is 5.11 Å². The van der Waals surface area contributed by atoms with Crippen LogP contribution < -0.4 is 10.6 Å². The molecule has 3 rings (SSSR count). The highest BCUT2D eigenvalue weighted by Gasteiger charge is 2.06. The van der Waals surface area contributed by atoms with E-state index in [-0.39, 0.29) is 0 Å². The first kappa shape index (κ1) is 15.3. The zero-order valence-corrected chi connectivity index (χ0v) is 14.9. The number of hydrogen-bond acceptors (Lipinski definition) is 1. The van der Waals surface area contributed by atoms with E-state index in [2.05, 4.69) is 66.7 Å². The van der Waals surface area contributed by atoms with Gasteiger partial charge in [0.2, 0.25) is 0 Å². The number of thiocarbonyl (C=S) groups is 1. The van der Waals surface area contributed by atoms with Crippen molar-refractivity contribution in [3.63, 3.8) is 0 Å². The van der Waals surface area contributed by atoms with Crippen molar-refractivity contribution in [1.29, 1.82) is 0 Å². The van der Waals surface area contributed by atoms with Gasteiger partial charge in [0.05, 0.1) is 28.4 Å². The molecule has 1 heterocycles. The summed E-state index contributed by atoms with van der Waals surface area (Å²) in [7, 11) is 0. The van der Waals surface area contributed by atoms with Gasteiger partial charge in [-0.15, -0.1) is 0 Å². The summed E-state index contributed by atoms with van der Waals surface area (Å²) < 4.78 is 2.14. The quantitative estimate of drug-likeness (QED) is 0.485. The van der Waals surface area contributed by atoms with Crippen molar-refractivity contribution in [3.05, 3.63) is 66.4 Å². The maximum Gasteiger partial charge on any atom is 0.170 e. The molecule has 0 aliphatic carbocycles. The molecule has 0 spiro atoms. The van der Waals surface area contributed by atoms with E-state index in [4.69, 9.17) is 12.2 Å². The number of halogens is 1. The van der Waals surface area contributed by atoms with Crippen molar-refractivity contribution in [2.45, 2.75) is 6.42 Å². The number of hydrogen-bond donors (Lipinski definition) is 2. The van der Waals surface area contributed by atoms with Gasteiger partial charge in [0.1, 0.15) is 0 Å². The Morgan fingerprint density at radius 1 is 1.05 bits per heavy atom. The van der Waals surface area contributed by atoms with Crippen molar-refractivity contribution in [3.8, 4) is 0 Å². The van der Waals surface area contributed by atoms with Crippen LogP contribution in [0, 0.1) is 0 Å². The lowest BCUT2D eigenvalue weighted by Gasteiger charge is -2.10. The molecule has 0 atom stereocenters. The number of benzene rings is 2. The van der Waals surface area contributed by atoms with E-state index in [0.717, 1.165) is 18.7 Å². The zero-order valence-electron chi connectivity index (χ0n) is 11.9. The summed E-state index contributed by atoms with van der Waals surface area (Å²) in [5, 5.41) is 8.41. The summed E-state index contributed by atoms with van der Waals surface area (Å²) in [6, 6.07) is 18.4. The third-order valence-corrected chi connectivity index (χ3v) is 4.51. The predicted molar refractivity (Wildman–Crippen MR) is 106 cm³/mol.